The molecule has 0 saturated carbocycles. The molecule has 43 valence electrons. The number of ketones is 1. The first kappa shape index (κ1) is 7.15. The van der Waals surface area contributed by atoms with Gasteiger partial charge in [-0.3, -0.25) is 4.79 Å². The third kappa shape index (κ3) is 3.34. The van der Waals surface area contributed by atoms with E-state index in [2.05, 4.69) is 6.58 Å². The van der Waals surface area contributed by atoms with E-state index in [1.54, 1.807) is 6.92 Å². The molecular weight excluding hydrogens is 100 g/mol. The molecule has 0 bridgehead atoms. The van der Waals surface area contributed by atoms with Gasteiger partial charge in [-0.1, -0.05) is 18.7 Å². The molecule has 0 atom stereocenters. The highest BCUT2D eigenvalue weighted by molar-refractivity contribution is 5.90. The van der Waals surface area contributed by atoms with Gasteiger partial charge in [-0.25, -0.2) is 0 Å². The molecule has 0 aliphatic heterocycles. The minimum atomic E-state index is -0.0231. The summed E-state index contributed by atoms with van der Waals surface area (Å²) in [6.45, 7) is 10.2. The Morgan fingerprint density at radius 2 is 2.38 bits per heavy atom. The molecule has 0 amide bonds. The molecule has 0 unspecified atom stereocenters. The molecule has 0 N–H and O–H groups in total. The molecule has 0 aliphatic carbocycles. The topological polar surface area (TPSA) is 17.1 Å². The van der Waals surface area contributed by atoms with Crippen molar-refractivity contribution in [2.24, 2.45) is 0 Å². The standard InChI is InChI=1S/C7H9O/c1-4-7(8)5-6(2)3/h2,4H,1,5H2,3H3. The van der Waals surface area contributed by atoms with Crippen molar-refractivity contribution in [1.82, 2.24) is 0 Å². The van der Waals surface area contributed by atoms with Crippen LogP contribution >= 0.6 is 0 Å². The van der Waals surface area contributed by atoms with Gasteiger partial charge in [0.2, 0.25) is 0 Å². The van der Waals surface area contributed by atoms with Gasteiger partial charge in [-0.2, -0.15) is 0 Å². The van der Waals surface area contributed by atoms with Crippen LogP contribution in [0.2, 0.25) is 0 Å². The number of hydrogen-bond donors (Lipinski definition) is 0. The fourth-order valence-corrected chi connectivity index (χ4v) is 0.347. The van der Waals surface area contributed by atoms with E-state index in [1.807, 2.05) is 0 Å². The lowest BCUT2D eigenvalue weighted by molar-refractivity contribution is -0.113. The smallest absolute Gasteiger partial charge is 0.159 e. The van der Waals surface area contributed by atoms with Gasteiger partial charge in [-0.05, 0) is 13.0 Å². The first-order valence-corrected chi connectivity index (χ1v) is 2.40. The van der Waals surface area contributed by atoms with Crippen molar-refractivity contribution in [3.63, 3.8) is 0 Å². The van der Waals surface area contributed by atoms with E-state index >= 15 is 0 Å². The lowest BCUT2D eigenvalue weighted by atomic mass is 10.2. The van der Waals surface area contributed by atoms with Crippen molar-refractivity contribution < 1.29 is 4.79 Å². The van der Waals surface area contributed by atoms with Crippen molar-refractivity contribution in [2.45, 2.75) is 13.3 Å². The zero-order valence-electron chi connectivity index (χ0n) is 4.98. The molecule has 0 aromatic heterocycles. The summed E-state index contributed by atoms with van der Waals surface area (Å²) in [4.78, 5) is 10.4. The average molecular weight is 109 g/mol. The van der Waals surface area contributed by atoms with Crippen LogP contribution in [0.15, 0.2) is 18.2 Å². The summed E-state index contributed by atoms with van der Waals surface area (Å²) in [5.74, 6) is -0.0231. The molecule has 0 saturated heterocycles. The van der Waals surface area contributed by atoms with Gasteiger partial charge in [0, 0.05) is 6.42 Å². The maximum absolute atomic E-state index is 10.4. The van der Waals surface area contributed by atoms with Crippen LogP contribution in [0.5, 0.6) is 0 Å². The van der Waals surface area contributed by atoms with E-state index < -0.39 is 0 Å². The predicted molar refractivity (Wildman–Crippen MR) is 33.3 cm³/mol. The highest BCUT2D eigenvalue weighted by Crippen LogP contribution is 1.95. The highest BCUT2D eigenvalue weighted by Gasteiger charge is 1.92. The summed E-state index contributed by atoms with van der Waals surface area (Å²) in [5.41, 5.74) is 0.634. The van der Waals surface area contributed by atoms with Crippen LogP contribution in [-0.4, -0.2) is 5.78 Å². The van der Waals surface area contributed by atoms with Gasteiger partial charge in [0.1, 0.15) is 0 Å². The summed E-state index contributed by atoms with van der Waals surface area (Å²) >= 11 is 0. The molecule has 0 aliphatic rings. The van der Waals surface area contributed by atoms with E-state index in [0.29, 0.717) is 12.0 Å². The Hall–Kier alpha value is -0.850. The molecular formula is C7H9O. The quantitative estimate of drug-likeness (QED) is 0.502. The zero-order valence-corrected chi connectivity index (χ0v) is 4.98. The van der Waals surface area contributed by atoms with Crippen molar-refractivity contribution in [2.75, 3.05) is 0 Å². The number of hydrogen-bond acceptors (Lipinski definition) is 1. The summed E-state index contributed by atoms with van der Waals surface area (Å²) in [6.07, 6.45) is 1.60. The zero-order chi connectivity index (χ0) is 6.57. The summed E-state index contributed by atoms with van der Waals surface area (Å²) in [6, 6.07) is 0. The Kier molecular flexibility index (Phi) is 2.85. The molecule has 0 spiro atoms. The molecule has 1 radical (unpaired) electrons. The fourth-order valence-electron chi connectivity index (χ4n) is 0.347. The minimum Gasteiger partial charge on any atom is -0.295 e. The average Bonchev–Trinajstić information content (AvgIpc) is 1.65. The number of carbonyl (C=O) groups excluding carboxylic acids is 1. The Balaban J connectivity index is 3.55. The first-order chi connectivity index (χ1) is 3.66. The third-order valence-electron chi connectivity index (χ3n) is 0.681. The van der Waals surface area contributed by atoms with Gasteiger partial charge in [0.05, 0.1) is 0 Å². The molecule has 8 heavy (non-hydrogen) atoms. The Morgan fingerprint density at radius 1 is 1.88 bits per heavy atom. The maximum Gasteiger partial charge on any atom is 0.159 e. The molecule has 0 rings (SSSR count). The second-order valence-electron chi connectivity index (χ2n) is 1.69. The van der Waals surface area contributed by atoms with E-state index in [9.17, 15) is 4.79 Å². The Bertz CT molecular complexity index is 122. The van der Waals surface area contributed by atoms with Gasteiger partial charge >= 0.3 is 0 Å². The predicted octanol–water partition coefficient (Wildman–Crippen LogP) is 1.51. The monoisotopic (exact) mass is 109 g/mol. The summed E-state index contributed by atoms with van der Waals surface area (Å²) in [5, 5.41) is 0. The van der Waals surface area contributed by atoms with E-state index in [1.165, 1.54) is 6.08 Å². The van der Waals surface area contributed by atoms with Crippen molar-refractivity contribution in [3.8, 4) is 0 Å². The van der Waals surface area contributed by atoms with Gasteiger partial charge in [0.15, 0.2) is 5.78 Å². The van der Waals surface area contributed by atoms with Gasteiger partial charge < -0.3 is 0 Å². The summed E-state index contributed by atoms with van der Waals surface area (Å²) in [7, 11) is 0. The normalized spacial score (nSPS) is 8.12. The second-order valence-corrected chi connectivity index (χ2v) is 1.69. The lowest BCUT2D eigenvalue weighted by Crippen LogP contribution is -1.90. The fraction of sp³-hybridized carbons (Fsp3) is 0.286. The van der Waals surface area contributed by atoms with Crippen molar-refractivity contribution in [3.05, 3.63) is 24.8 Å². The lowest BCUT2D eigenvalue weighted by Gasteiger charge is -1.88. The van der Waals surface area contributed by atoms with E-state index in [-0.39, 0.29) is 5.78 Å². The van der Waals surface area contributed by atoms with E-state index in [4.69, 9.17) is 6.58 Å². The van der Waals surface area contributed by atoms with Crippen LogP contribution in [-0.2, 0) is 4.79 Å². The first-order valence-electron chi connectivity index (χ1n) is 2.40. The second kappa shape index (κ2) is 3.19. The molecule has 0 heterocycles. The number of carbonyl (C=O) groups is 1. The molecule has 0 aromatic carbocycles. The van der Waals surface area contributed by atoms with Gasteiger partial charge in [0.25, 0.3) is 0 Å². The van der Waals surface area contributed by atoms with Crippen LogP contribution in [0.1, 0.15) is 13.3 Å². The largest absolute Gasteiger partial charge is 0.295 e. The van der Waals surface area contributed by atoms with Crippen LogP contribution in [0.25, 0.3) is 0 Å². The van der Waals surface area contributed by atoms with Crippen LogP contribution in [0.4, 0.5) is 0 Å². The van der Waals surface area contributed by atoms with Crippen LogP contribution in [0, 0.1) is 6.58 Å². The Morgan fingerprint density at radius 3 is 2.50 bits per heavy atom. The van der Waals surface area contributed by atoms with Crippen molar-refractivity contribution in [1.29, 1.82) is 0 Å². The summed E-state index contributed by atoms with van der Waals surface area (Å²) < 4.78 is 0. The molecule has 0 fully saturated rings. The SMILES string of the molecule is [CH]=C(C)CC(=O)C=C. The van der Waals surface area contributed by atoms with Crippen LogP contribution < -0.4 is 0 Å². The number of rotatable bonds is 3. The maximum atomic E-state index is 10.4. The Labute approximate surface area is 49.7 Å². The molecule has 0 aromatic rings. The number of allylic oxidation sites excluding steroid dienone is 2. The molecule has 1 nitrogen and oxygen atoms in total. The minimum absolute atomic E-state index is 0.0231. The molecule has 1 heteroatoms. The van der Waals surface area contributed by atoms with Crippen LogP contribution in [0.3, 0.4) is 0 Å². The van der Waals surface area contributed by atoms with Gasteiger partial charge in [-0.15, -0.1) is 0 Å². The highest BCUT2D eigenvalue weighted by atomic mass is 16.1. The van der Waals surface area contributed by atoms with Crippen molar-refractivity contribution >= 4 is 5.78 Å². The van der Waals surface area contributed by atoms with E-state index in [0.717, 1.165) is 0 Å². The third-order valence-corrected chi connectivity index (χ3v) is 0.681.